The zero-order valence-corrected chi connectivity index (χ0v) is 11.5. The van der Waals surface area contributed by atoms with E-state index in [4.69, 9.17) is 5.73 Å². The molecule has 0 radical (unpaired) electrons. The van der Waals surface area contributed by atoms with Crippen molar-refractivity contribution in [3.63, 3.8) is 0 Å². The van der Waals surface area contributed by atoms with E-state index in [2.05, 4.69) is 5.10 Å². The number of carbonyl (C=O) groups excluding carboxylic acids is 1. The first-order valence-electron chi connectivity index (χ1n) is 6.16. The highest BCUT2D eigenvalue weighted by Crippen LogP contribution is 2.31. The van der Waals surface area contributed by atoms with Crippen molar-refractivity contribution in [3.8, 4) is 0 Å². The van der Waals surface area contributed by atoms with Crippen LogP contribution >= 0.6 is 0 Å². The van der Waals surface area contributed by atoms with Gasteiger partial charge in [0.1, 0.15) is 0 Å². The number of carbonyl (C=O) groups is 1. The molecular formula is C14H14F3N3O. The van der Waals surface area contributed by atoms with Crippen LogP contribution in [0.15, 0.2) is 30.6 Å². The number of halogens is 3. The van der Waals surface area contributed by atoms with Gasteiger partial charge in [-0.1, -0.05) is 6.07 Å². The Hall–Kier alpha value is -2.15. The Morgan fingerprint density at radius 1 is 1.38 bits per heavy atom. The van der Waals surface area contributed by atoms with Crippen LogP contribution in [0.1, 0.15) is 33.1 Å². The highest BCUT2D eigenvalue weighted by Gasteiger charge is 2.31. The van der Waals surface area contributed by atoms with E-state index in [-0.39, 0.29) is 11.1 Å². The van der Waals surface area contributed by atoms with E-state index >= 15 is 0 Å². The third kappa shape index (κ3) is 3.13. The number of ketones is 1. The summed E-state index contributed by atoms with van der Waals surface area (Å²) in [6.07, 6.45) is -1.37. The molecule has 0 amide bonds. The Kier molecular flexibility index (Phi) is 3.87. The van der Waals surface area contributed by atoms with Gasteiger partial charge in [-0.05, 0) is 24.6 Å². The van der Waals surface area contributed by atoms with Gasteiger partial charge in [0.2, 0.25) is 0 Å². The standard InChI is InChI=1S/C14H14F3N3O/c1-8-5-10(14(15,16)17)3-4-11(8)13(21)12(18)9-6-19-20(2)7-9/h3-7,12H,18H2,1-2H3. The Balaban J connectivity index is 2.32. The van der Waals surface area contributed by atoms with Gasteiger partial charge in [-0.15, -0.1) is 0 Å². The summed E-state index contributed by atoms with van der Waals surface area (Å²) in [5, 5.41) is 3.92. The van der Waals surface area contributed by atoms with Gasteiger partial charge in [-0.3, -0.25) is 9.48 Å². The smallest absolute Gasteiger partial charge is 0.317 e. The number of nitrogens with two attached hydrogens (primary N) is 1. The van der Waals surface area contributed by atoms with Crippen LogP contribution in [0.4, 0.5) is 13.2 Å². The third-order valence-corrected chi connectivity index (χ3v) is 3.19. The summed E-state index contributed by atoms with van der Waals surface area (Å²) < 4.78 is 39.3. The molecule has 0 aliphatic carbocycles. The number of Topliss-reactive ketones (excluding diaryl/α,β-unsaturated/α-hetero) is 1. The number of nitrogens with zero attached hydrogens (tertiary/aromatic N) is 2. The number of hydrogen-bond donors (Lipinski definition) is 1. The second-order valence-corrected chi connectivity index (χ2v) is 4.82. The fourth-order valence-corrected chi connectivity index (χ4v) is 2.04. The molecule has 21 heavy (non-hydrogen) atoms. The second-order valence-electron chi connectivity index (χ2n) is 4.82. The van der Waals surface area contributed by atoms with E-state index < -0.39 is 23.6 Å². The number of hydrogen-bond acceptors (Lipinski definition) is 3. The number of benzene rings is 1. The van der Waals surface area contributed by atoms with E-state index in [0.717, 1.165) is 18.2 Å². The van der Waals surface area contributed by atoms with E-state index in [1.807, 2.05) is 0 Å². The fraction of sp³-hybridized carbons (Fsp3) is 0.286. The summed E-state index contributed by atoms with van der Waals surface area (Å²) in [7, 11) is 1.68. The number of alkyl halides is 3. The van der Waals surface area contributed by atoms with Gasteiger partial charge in [0.15, 0.2) is 5.78 Å². The van der Waals surface area contributed by atoms with Gasteiger partial charge in [0, 0.05) is 24.4 Å². The van der Waals surface area contributed by atoms with Crippen LogP contribution in [0.5, 0.6) is 0 Å². The van der Waals surface area contributed by atoms with Crippen LogP contribution in [0.2, 0.25) is 0 Å². The molecule has 2 N–H and O–H groups in total. The number of aromatic nitrogens is 2. The van der Waals surface area contributed by atoms with Gasteiger partial charge in [-0.25, -0.2) is 0 Å². The van der Waals surface area contributed by atoms with E-state index in [9.17, 15) is 18.0 Å². The molecule has 1 unspecified atom stereocenters. The maximum atomic E-state index is 12.6. The van der Waals surface area contributed by atoms with Crippen molar-refractivity contribution in [3.05, 3.63) is 52.8 Å². The van der Waals surface area contributed by atoms with Crippen LogP contribution in [0.25, 0.3) is 0 Å². The van der Waals surface area contributed by atoms with Gasteiger partial charge in [0.25, 0.3) is 0 Å². The molecule has 0 fully saturated rings. The fourth-order valence-electron chi connectivity index (χ4n) is 2.04. The van der Waals surface area contributed by atoms with Crippen molar-refractivity contribution in [1.29, 1.82) is 0 Å². The van der Waals surface area contributed by atoms with Crippen LogP contribution in [-0.4, -0.2) is 15.6 Å². The molecule has 1 aromatic carbocycles. The van der Waals surface area contributed by atoms with Crippen molar-refractivity contribution in [1.82, 2.24) is 9.78 Å². The zero-order valence-electron chi connectivity index (χ0n) is 11.5. The topological polar surface area (TPSA) is 60.9 Å². The Morgan fingerprint density at radius 3 is 2.52 bits per heavy atom. The minimum absolute atomic E-state index is 0.180. The van der Waals surface area contributed by atoms with Gasteiger partial charge in [-0.2, -0.15) is 18.3 Å². The Labute approximate surface area is 119 Å². The number of rotatable bonds is 3. The van der Waals surface area contributed by atoms with Gasteiger partial charge >= 0.3 is 6.18 Å². The predicted octanol–water partition coefficient (Wildman–Crippen LogP) is 2.63. The van der Waals surface area contributed by atoms with Crippen LogP contribution in [0, 0.1) is 6.92 Å². The van der Waals surface area contributed by atoms with Crippen LogP contribution < -0.4 is 5.73 Å². The van der Waals surface area contributed by atoms with Crippen molar-refractivity contribution >= 4 is 5.78 Å². The molecule has 0 aliphatic heterocycles. The van der Waals surface area contributed by atoms with Gasteiger partial charge in [0.05, 0.1) is 17.8 Å². The molecule has 0 saturated carbocycles. The van der Waals surface area contributed by atoms with E-state index in [1.54, 1.807) is 13.2 Å². The Bertz CT molecular complexity index is 676. The molecule has 2 rings (SSSR count). The second kappa shape index (κ2) is 5.33. The number of aryl methyl sites for hydroxylation is 2. The minimum Gasteiger partial charge on any atom is -0.317 e. The first-order valence-corrected chi connectivity index (χ1v) is 6.16. The highest BCUT2D eigenvalue weighted by atomic mass is 19.4. The van der Waals surface area contributed by atoms with E-state index in [0.29, 0.717) is 5.56 Å². The molecule has 7 heteroatoms. The molecule has 0 aliphatic rings. The summed E-state index contributed by atoms with van der Waals surface area (Å²) in [4.78, 5) is 12.3. The summed E-state index contributed by atoms with van der Waals surface area (Å²) in [5.41, 5.74) is 6.01. The van der Waals surface area contributed by atoms with Crippen molar-refractivity contribution < 1.29 is 18.0 Å². The Morgan fingerprint density at radius 2 is 2.05 bits per heavy atom. The molecule has 1 atom stereocenters. The lowest BCUT2D eigenvalue weighted by Gasteiger charge is -2.13. The molecule has 1 heterocycles. The van der Waals surface area contributed by atoms with Crippen LogP contribution in [-0.2, 0) is 13.2 Å². The van der Waals surface area contributed by atoms with Crippen molar-refractivity contribution in [2.75, 3.05) is 0 Å². The molecule has 0 bridgehead atoms. The minimum atomic E-state index is -4.43. The molecule has 0 spiro atoms. The maximum absolute atomic E-state index is 12.6. The lowest BCUT2D eigenvalue weighted by atomic mass is 9.95. The molecule has 112 valence electrons. The molecular weight excluding hydrogens is 283 g/mol. The first-order chi connectivity index (χ1) is 9.70. The third-order valence-electron chi connectivity index (χ3n) is 3.19. The lowest BCUT2D eigenvalue weighted by Crippen LogP contribution is -2.22. The molecule has 1 aromatic heterocycles. The highest BCUT2D eigenvalue weighted by molar-refractivity contribution is 6.01. The first kappa shape index (κ1) is 15.2. The van der Waals surface area contributed by atoms with Crippen molar-refractivity contribution in [2.24, 2.45) is 12.8 Å². The monoisotopic (exact) mass is 297 g/mol. The zero-order chi connectivity index (χ0) is 15.8. The maximum Gasteiger partial charge on any atom is 0.416 e. The molecule has 4 nitrogen and oxygen atoms in total. The van der Waals surface area contributed by atoms with Crippen molar-refractivity contribution in [2.45, 2.75) is 19.1 Å². The predicted molar refractivity (Wildman–Crippen MR) is 70.6 cm³/mol. The molecule has 2 aromatic rings. The summed E-state index contributed by atoms with van der Waals surface area (Å²) >= 11 is 0. The summed E-state index contributed by atoms with van der Waals surface area (Å²) in [5.74, 6) is -0.436. The summed E-state index contributed by atoms with van der Waals surface area (Å²) in [6.45, 7) is 1.46. The lowest BCUT2D eigenvalue weighted by molar-refractivity contribution is -0.137. The van der Waals surface area contributed by atoms with Crippen LogP contribution in [0.3, 0.4) is 0 Å². The van der Waals surface area contributed by atoms with Gasteiger partial charge < -0.3 is 5.73 Å². The summed E-state index contributed by atoms with van der Waals surface area (Å²) in [6, 6.07) is 2.05. The average molecular weight is 297 g/mol. The SMILES string of the molecule is Cc1cc(C(F)(F)F)ccc1C(=O)C(N)c1cnn(C)c1. The molecule has 0 saturated heterocycles. The average Bonchev–Trinajstić information content (AvgIpc) is 2.82. The van der Waals surface area contributed by atoms with E-state index in [1.165, 1.54) is 17.8 Å². The quantitative estimate of drug-likeness (QED) is 0.886. The normalized spacial score (nSPS) is 13.2. The largest absolute Gasteiger partial charge is 0.416 e.